The van der Waals surface area contributed by atoms with E-state index < -0.39 is 4.92 Å². The molecule has 18 heavy (non-hydrogen) atoms. The van der Waals surface area contributed by atoms with Gasteiger partial charge in [0.15, 0.2) is 5.03 Å². The molecule has 94 valence electrons. The Labute approximate surface area is 107 Å². The van der Waals surface area contributed by atoms with Crippen molar-refractivity contribution in [3.63, 3.8) is 0 Å². The monoisotopic (exact) mass is 265 g/mol. The van der Waals surface area contributed by atoms with Crippen molar-refractivity contribution in [2.75, 3.05) is 0 Å². The van der Waals surface area contributed by atoms with Crippen LogP contribution < -0.4 is 0 Å². The molecule has 2 heterocycles. The van der Waals surface area contributed by atoms with E-state index in [4.69, 9.17) is 0 Å². The maximum absolute atomic E-state index is 10.8. The van der Waals surface area contributed by atoms with Gasteiger partial charge in [0.2, 0.25) is 5.16 Å². The van der Waals surface area contributed by atoms with Gasteiger partial charge in [0.25, 0.3) is 0 Å². The van der Waals surface area contributed by atoms with Crippen LogP contribution in [0.2, 0.25) is 0 Å². The molecule has 2 rings (SSSR count). The first-order valence-corrected chi connectivity index (χ1v) is 6.09. The molecule has 0 aliphatic carbocycles. The number of nitrogens with one attached hydrogen (secondary N) is 1. The van der Waals surface area contributed by atoms with Crippen LogP contribution in [-0.4, -0.2) is 25.1 Å². The van der Waals surface area contributed by atoms with Gasteiger partial charge in [0.05, 0.1) is 4.92 Å². The lowest BCUT2D eigenvalue weighted by atomic mass is 10.2. The quantitative estimate of drug-likeness (QED) is 0.673. The number of H-pyrrole nitrogens is 1. The van der Waals surface area contributed by atoms with Gasteiger partial charge in [0.1, 0.15) is 5.82 Å². The number of hydrogen-bond donors (Lipinski definition) is 1. The van der Waals surface area contributed by atoms with E-state index in [0.29, 0.717) is 5.16 Å². The van der Waals surface area contributed by atoms with Crippen LogP contribution in [-0.2, 0) is 0 Å². The van der Waals surface area contributed by atoms with Gasteiger partial charge < -0.3 is 0 Å². The maximum Gasteiger partial charge on any atom is 0.301 e. The fraction of sp³-hybridized carbons (Fsp3) is 0.300. The van der Waals surface area contributed by atoms with Crippen LogP contribution in [0.15, 0.2) is 28.5 Å². The van der Waals surface area contributed by atoms with Crippen LogP contribution in [0.4, 0.5) is 5.69 Å². The maximum atomic E-state index is 10.8. The van der Waals surface area contributed by atoms with Crippen molar-refractivity contribution in [3.8, 4) is 0 Å². The molecule has 0 spiro atoms. The second-order valence-corrected chi connectivity index (χ2v) is 4.80. The lowest BCUT2D eigenvalue weighted by Gasteiger charge is -1.97. The van der Waals surface area contributed by atoms with Crippen molar-refractivity contribution in [3.05, 3.63) is 34.3 Å². The zero-order valence-electron chi connectivity index (χ0n) is 9.82. The Kier molecular flexibility index (Phi) is 3.56. The molecule has 7 nitrogen and oxygen atoms in total. The molecule has 0 saturated carbocycles. The lowest BCUT2D eigenvalue weighted by molar-refractivity contribution is -0.388. The molecule has 0 unspecified atom stereocenters. The number of hydrogen-bond acceptors (Lipinski definition) is 6. The van der Waals surface area contributed by atoms with E-state index in [-0.39, 0.29) is 16.6 Å². The summed E-state index contributed by atoms with van der Waals surface area (Å²) in [5, 5.41) is 18.3. The van der Waals surface area contributed by atoms with Crippen LogP contribution in [0, 0.1) is 10.1 Å². The van der Waals surface area contributed by atoms with E-state index >= 15 is 0 Å². The average molecular weight is 265 g/mol. The van der Waals surface area contributed by atoms with Crippen LogP contribution in [0.25, 0.3) is 0 Å². The van der Waals surface area contributed by atoms with Crippen LogP contribution in [0.5, 0.6) is 0 Å². The minimum Gasteiger partial charge on any atom is -0.262 e. The lowest BCUT2D eigenvalue weighted by Crippen LogP contribution is -1.93. The first-order chi connectivity index (χ1) is 8.58. The molecule has 0 saturated heterocycles. The van der Waals surface area contributed by atoms with Crippen molar-refractivity contribution in [1.82, 2.24) is 20.2 Å². The average Bonchev–Trinajstić information content (AvgIpc) is 2.78. The Balaban J connectivity index is 2.25. The molecule has 0 aliphatic heterocycles. The second-order valence-electron chi connectivity index (χ2n) is 3.84. The summed E-state index contributed by atoms with van der Waals surface area (Å²) in [6.45, 7) is 3.97. The molecular weight excluding hydrogens is 254 g/mol. The summed E-state index contributed by atoms with van der Waals surface area (Å²) < 4.78 is 0. The van der Waals surface area contributed by atoms with E-state index in [9.17, 15) is 10.1 Å². The summed E-state index contributed by atoms with van der Waals surface area (Å²) in [6.07, 6.45) is 1.51. The summed E-state index contributed by atoms with van der Waals surface area (Å²) in [6, 6.07) is 2.94. The zero-order valence-corrected chi connectivity index (χ0v) is 10.6. The highest BCUT2D eigenvalue weighted by molar-refractivity contribution is 7.99. The minimum atomic E-state index is -0.467. The van der Waals surface area contributed by atoms with Gasteiger partial charge in [-0.25, -0.2) is 9.97 Å². The predicted octanol–water partition coefficient (Wildman–Crippen LogP) is 2.38. The molecule has 0 aromatic carbocycles. The topological polar surface area (TPSA) is 97.6 Å². The highest BCUT2D eigenvalue weighted by atomic mass is 32.2. The third kappa shape index (κ3) is 2.65. The number of pyridine rings is 1. The smallest absolute Gasteiger partial charge is 0.262 e. The Hall–Kier alpha value is -1.96. The molecule has 0 fully saturated rings. The van der Waals surface area contributed by atoms with E-state index in [1.165, 1.54) is 18.3 Å². The molecule has 2 aromatic rings. The fourth-order valence-corrected chi connectivity index (χ4v) is 2.02. The Morgan fingerprint density at radius 3 is 2.89 bits per heavy atom. The van der Waals surface area contributed by atoms with Gasteiger partial charge in [-0.05, 0) is 17.8 Å². The van der Waals surface area contributed by atoms with Gasteiger partial charge >= 0.3 is 5.69 Å². The van der Waals surface area contributed by atoms with E-state index in [1.807, 2.05) is 13.8 Å². The summed E-state index contributed by atoms with van der Waals surface area (Å²) in [5.41, 5.74) is -0.0432. The standard InChI is InChI=1S/C10H11N5O2S/c1-6(2)8-12-10(14-13-8)18-9-7(15(16)17)4-3-5-11-9/h3-6H,1-2H3,(H,12,13,14). The second kappa shape index (κ2) is 5.13. The molecule has 0 bridgehead atoms. The third-order valence-corrected chi connectivity index (χ3v) is 3.04. The number of aromatic amines is 1. The number of rotatable bonds is 4. The number of nitro groups is 1. The van der Waals surface area contributed by atoms with Crippen molar-refractivity contribution in [2.45, 2.75) is 29.9 Å². The summed E-state index contributed by atoms with van der Waals surface area (Å²) in [4.78, 5) is 18.6. The van der Waals surface area contributed by atoms with Crippen LogP contribution in [0.3, 0.4) is 0 Å². The molecular formula is C10H11N5O2S. The molecule has 1 N–H and O–H groups in total. The predicted molar refractivity (Wildman–Crippen MR) is 65.5 cm³/mol. The van der Waals surface area contributed by atoms with Crippen LogP contribution in [0.1, 0.15) is 25.6 Å². The van der Waals surface area contributed by atoms with Gasteiger partial charge in [-0.1, -0.05) is 13.8 Å². The highest BCUT2D eigenvalue weighted by Crippen LogP contribution is 2.30. The van der Waals surface area contributed by atoms with Crippen molar-refractivity contribution < 1.29 is 4.92 Å². The fourth-order valence-electron chi connectivity index (χ4n) is 1.25. The Morgan fingerprint density at radius 2 is 2.28 bits per heavy atom. The summed E-state index contributed by atoms with van der Waals surface area (Å²) in [7, 11) is 0. The van der Waals surface area contributed by atoms with Crippen molar-refractivity contribution in [1.29, 1.82) is 0 Å². The SMILES string of the molecule is CC(C)c1nc(Sc2ncccc2[N+](=O)[O-])n[nH]1. The van der Waals surface area contributed by atoms with Crippen LogP contribution >= 0.6 is 11.8 Å². The van der Waals surface area contributed by atoms with E-state index in [0.717, 1.165) is 17.6 Å². The molecule has 8 heteroatoms. The zero-order chi connectivity index (χ0) is 13.1. The molecule has 0 aliphatic rings. The number of aromatic nitrogens is 4. The molecule has 2 aromatic heterocycles. The van der Waals surface area contributed by atoms with E-state index in [1.54, 1.807) is 0 Å². The minimum absolute atomic E-state index is 0.0432. The number of nitrogens with zero attached hydrogens (tertiary/aromatic N) is 4. The summed E-state index contributed by atoms with van der Waals surface area (Å²) in [5.74, 6) is 0.974. The largest absolute Gasteiger partial charge is 0.301 e. The molecule has 0 atom stereocenters. The third-order valence-electron chi connectivity index (χ3n) is 2.16. The van der Waals surface area contributed by atoms with Gasteiger partial charge in [-0.2, -0.15) is 0 Å². The Bertz CT molecular complexity index is 569. The molecule has 0 amide bonds. The van der Waals surface area contributed by atoms with Gasteiger partial charge in [-0.15, -0.1) is 5.10 Å². The first-order valence-electron chi connectivity index (χ1n) is 5.27. The van der Waals surface area contributed by atoms with Crippen molar-refractivity contribution in [2.24, 2.45) is 0 Å². The van der Waals surface area contributed by atoms with Gasteiger partial charge in [-0.3, -0.25) is 15.2 Å². The molecule has 0 radical (unpaired) electrons. The first kappa shape index (κ1) is 12.5. The van der Waals surface area contributed by atoms with Crippen molar-refractivity contribution >= 4 is 17.4 Å². The van der Waals surface area contributed by atoms with Gasteiger partial charge in [0, 0.05) is 18.2 Å². The highest BCUT2D eigenvalue weighted by Gasteiger charge is 2.17. The van der Waals surface area contributed by atoms with E-state index in [2.05, 4.69) is 20.2 Å². The summed E-state index contributed by atoms with van der Waals surface area (Å²) >= 11 is 1.07. The normalized spacial score (nSPS) is 10.8. The Morgan fingerprint density at radius 1 is 1.50 bits per heavy atom.